The van der Waals surface area contributed by atoms with Crippen molar-refractivity contribution in [1.29, 1.82) is 0 Å². The van der Waals surface area contributed by atoms with E-state index in [0.29, 0.717) is 4.64 Å². The Morgan fingerprint density at radius 3 is 2.88 bits per heavy atom. The van der Waals surface area contributed by atoms with Gasteiger partial charge < -0.3 is 14.9 Å². The van der Waals surface area contributed by atoms with Crippen molar-refractivity contribution in [2.24, 2.45) is 0 Å². The summed E-state index contributed by atoms with van der Waals surface area (Å²) in [4.78, 5) is 14.1. The third kappa shape index (κ3) is 2.29. The lowest BCUT2D eigenvalue weighted by molar-refractivity contribution is -0.0457. The van der Waals surface area contributed by atoms with Crippen molar-refractivity contribution in [2.45, 2.75) is 23.8 Å². The second-order valence-corrected chi connectivity index (χ2v) is 4.64. The fraction of sp³-hybridized carbons (Fsp3) is 0.556. The van der Waals surface area contributed by atoms with E-state index >= 15 is 0 Å². The van der Waals surface area contributed by atoms with E-state index in [4.69, 9.17) is 33.7 Å². The van der Waals surface area contributed by atoms with Crippen molar-refractivity contribution in [2.75, 3.05) is 6.61 Å². The topological polar surface area (TPSA) is 87.5 Å². The van der Waals surface area contributed by atoms with Gasteiger partial charge in [-0.05, 0) is 6.07 Å². The molecular weight excluding hydrogens is 268 g/mol. The molecule has 0 spiro atoms. The molecule has 0 aliphatic carbocycles. The molecule has 1 aromatic heterocycles. The van der Waals surface area contributed by atoms with E-state index in [9.17, 15) is 9.90 Å². The van der Waals surface area contributed by atoms with Gasteiger partial charge in [0, 0.05) is 6.20 Å². The maximum Gasteiger partial charge on any atom is 0.328 e. The molecule has 4 atom stereocenters. The highest BCUT2D eigenvalue weighted by molar-refractivity contribution is 7.71. The number of rotatable bonds is 2. The number of aliphatic hydroxyl groups is 2. The van der Waals surface area contributed by atoms with Crippen LogP contribution in [-0.2, 0) is 4.74 Å². The number of ether oxygens (including phenoxy) is 1. The highest BCUT2D eigenvalue weighted by atomic mass is 35.5. The molecule has 3 N–H and O–H groups in total. The summed E-state index contributed by atoms with van der Waals surface area (Å²) in [5.41, 5.74) is -0.473. The van der Waals surface area contributed by atoms with E-state index < -0.39 is 29.5 Å². The molecule has 0 unspecified atom stereocenters. The summed E-state index contributed by atoms with van der Waals surface area (Å²) in [7, 11) is 0. The average molecular weight is 279 g/mol. The van der Waals surface area contributed by atoms with E-state index in [2.05, 4.69) is 4.98 Å². The maximum atomic E-state index is 11.6. The van der Waals surface area contributed by atoms with Crippen LogP contribution < -0.4 is 5.69 Å². The normalized spacial score (nSPS) is 32.9. The van der Waals surface area contributed by atoms with Gasteiger partial charge in [-0.3, -0.25) is 9.55 Å². The van der Waals surface area contributed by atoms with Gasteiger partial charge >= 0.3 is 5.69 Å². The van der Waals surface area contributed by atoms with Crippen LogP contribution in [0.5, 0.6) is 0 Å². The van der Waals surface area contributed by atoms with Crippen LogP contribution in [0.25, 0.3) is 0 Å². The standard InChI is InChI=1S/C9H11ClN2O4S/c10-6-7(14)4(3-13)16-8(6)12-2-1-5(17)11-9(12)15/h1-2,4,6-8,13-14H,3H2,(H,11,15,17)/t4-,6-,7-,8-/m1/s1. The van der Waals surface area contributed by atoms with E-state index in [1.807, 2.05) is 0 Å². The van der Waals surface area contributed by atoms with Gasteiger partial charge in [0.25, 0.3) is 0 Å². The Balaban J connectivity index is 2.35. The zero-order chi connectivity index (χ0) is 12.6. The molecule has 1 saturated heterocycles. The fourth-order valence-corrected chi connectivity index (χ4v) is 2.20. The van der Waals surface area contributed by atoms with Crippen molar-refractivity contribution in [1.82, 2.24) is 9.55 Å². The van der Waals surface area contributed by atoms with Crippen molar-refractivity contribution >= 4 is 23.8 Å². The quantitative estimate of drug-likeness (QED) is 0.514. The Labute approximate surface area is 106 Å². The predicted molar refractivity (Wildman–Crippen MR) is 62.5 cm³/mol. The molecule has 1 aliphatic heterocycles. The molecule has 94 valence electrons. The van der Waals surface area contributed by atoms with Crippen LogP contribution in [0, 0.1) is 4.64 Å². The molecule has 1 aliphatic rings. The molecule has 17 heavy (non-hydrogen) atoms. The fourth-order valence-electron chi connectivity index (χ4n) is 1.71. The molecule has 0 bridgehead atoms. The lowest BCUT2D eigenvalue weighted by Crippen LogP contribution is -2.32. The van der Waals surface area contributed by atoms with Crippen LogP contribution in [0.2, 0.25) is 0 Å². The van der Waals surface area contributed by atoms with Gasteiger partial charge in [0.15, 0.2) is 6.23 Å². The van der Waals surface area contributed by atoms with Crippen LogP contribution in [0.1, 0.15) is 6.23 Å². The first-order valence-corrected chi connectivity index (χ1v) is 5.79. The Bertz CT molecular complexity index is 516. The molecule has 0 amide bonds. The zero-order valence-corrected chi connectivity index (χ0v) is 10.2. The number of aromatic amines is 1. The highest BCUT2D eigenvalue weighted by Crippen LogP contribution is 2.32. The van der Waals surface area contributed by atoms with Gasteiger partial charge in [-0.15, -0.1) is 11.6 Å². The SMILES string of the molecule is O=c1[nH]c(=S)ccn1[C@@H]1O[C@H](CO)[C@@H](O)[C@H]1Cl. The van der Waals surface area contributed by atoms with Gasteiger partial charge in [-0.25, -0.2) is 4.79 Å². The zero-order valence-electron chi connectivity index (χ0n) is 8.62. The molecule has 0 aromatic carbocycles. The lowest BCUT2D eigenvalue weighted by atomic mass is 10.2. The lowest BCUT2D eigenvalue weighted by Gasteiger charge is -2.16. The molecule has 6 nitrogen and oxygen atoms in total. The minimum absolute atomic E-state index is 0.301. The second kappa shape index (κ2) is 4.87. The van der Waals surface area contributed by atoms with Gasteiger partial charge in [0.2, 0.25) is 0 Å². The molecule has 2 heterocycles. The maximum absolute atomic E-state index is 11.6. The van der Waals surface area contributed by atoms with Crippen LogP contribution >= 0.6 is 23.8 Å². The molecule has 0 saturated carbocycles. The van der Waals surface area contributed by atoms with Crippen LogP contribution in [-0.4, -0.2) is 44.0 Å². The van der Waals surface area contributed by atoms with E-state index in [1.54, 1.807) is 0 Å². The number of aromatic nitrogens is 2. The molecule has 0 radical (unpaired) electrons. The Kier molecular flexibility index (Phi) is 3.64. The monoisotopic (exact) mass is 278 g/mol. The smallest absolute Gasteiger partial charge is 0.328 e. The number of hydrogen-bond donors (Lipinski definition) is 3. The van der Waals surface area contributed by atoms with Crippen LogP contribution in [0.15, 0.2) is 17.1 Å². The first-order valence-electron chi connectivity index (χ1n) is 4.94. The first-order chi connectivity index (χ1) is 8.04. The van der Waals surface area contributed by atoms with Gasteiger partial charge in [0.1, 0.15) is 22.2 Å². The Morgan fingerprint density at radius 1 is 1.65 bits per heavy atom. The van der Waals surface area contributed by atoms with Crippen molar-refractivity contribution in [3.8, 4) is 0 Å². The van der Waals surface area contributed by atoms with E-state index in [-0.39, 0.29) is 6.61 Å². The third-order valence-electron chi connectivity index (χ3n) is 2.60. The summed E-state index contributed by atoms with van der Waals surface area (Å²) in [5, 5.41) is 17.8. The summed E-state index contributed by atoms with van der Waals surface area (Å²) in [6, 6.07) is 1.52. The first kappa shape index (κ1) is 12.7. The molecule has 8 heteroatoms. The summed E-state index contributed by atoms with van der Waals surface area (Å²) in [6.45, 7) is -0.363. The average Bonchev–Trinajstić information content (AvgIpc) is 2.57. The third-order valence-corrected chi connectivity index (χ3v) is 3.31. The minimum atomic E-state index is -1.03. The van der Waals surface area contributed by atoms with Crippen LogP contribution in [0.4, 0.5) is 0 Å². The summed E-state index contributed by atoms with van der Waals surface area (Å²) >= 11 is 10.8. The Morgan fingerprint density at radius 2 is 2.35 bits per heavy atom. The largest absolute Gasteiger partial charge is 0.394 e. The summed E-state index contributed by atoms with van der Waals surface area (Å²) < 4.78 is 6.82. The van der Waals surface area contributed by atoms with Crippen molar-refractivity contribution in [3.63, 3.8) is 0 Å². The number of halogens is 1. The van der Waals surface area contributed by atoms with Crippen molar-refractivity contribution < 1.29 is 14.9 Å². The summed E-state index contributed by atoms with van der Waals surface area (Å²) in [5.74, 6) is 0. The number of nitrogens with one attached hydrogen (secondary N) is 1. The predicted octanol–water partition coefficient (Wildman–Crippen LogP) is -0.236. The van der Waals surface area contributed by atoms with Gasteiger partial charge in [-0.1, -0.05) is 12.2 Å². The number of hydrogen-bond acceptors (Lipinski definition) is 5. The molecule has 1 fully saturated rings. The number of H-pyrrole nitrogens is 1. The molecular formula is C9H11ClN2O4S. The minimum Gasteiger partial charge on any atom is -0.394 e. The highest BCUT2D eigenvalue weighted by Gasteiger charge is 2.43. The van der Waals surface area contributed by atoms with Crippen LogP contribution in [0.3, 0.4) is 0 Å². The van der Waals surface area contributed by atoms with E-state index in [0.717, 1.165) is 0 Å². The van der Waals surface area contributed by atoms with Gasteiger partial charge in [-0.2, -0.15) is 0 Å². The molecule has 1 aromatic rings. The number of aliphatic hydroxyl groups excluding tert-OH is 2. The molecule has 2 rings (SSSR count). The second-order valence-electron chi connectivity index (χ2n) is 3.70. The number of nitrogens with zero attached hydrogens (tertiary/aromatic N) is 1. The Hall–Kier alpha value is -0.730. The van der Waals surface area contributed by atoms with Gasteiger partial charge in [0.05, 0.1) is 6.61 Å². The van der Waals surface area contributed by atoms with Crippen molar-refractivity contribution in [3.05, 3.63) is 27.4 Å². The number of alkyl halides is 1. The summed E-state index contributed by atoms with van der Waals surface area (Å²) in [6.07, 6.45) is -1.21. The van der Waals surface area contributed by atoms with E-state index in [1.165, 1.54) is 16.8 Å².